The molecule has 116 valence electrons. The molecule has 0 spiro atoms. The van der Waals surface area contributed by atoms with Gasteiger partial charge in [-0.2, -0.15) is 10.4 Å². The van der Waals surface area contributed by atoms with Gasteiger partial charge in [-0.25, -0.2) is 13.1 Å². The second kappa shape index (κ2) is 5.93. The van der Waals surface area contributed by atoms with Crippen LogP contribution in [0.1, 0.15) is 26.2 Å². The van der Waals surface area contributed by atoms with E-state index in [1.807, 2.05) is 11.0 Å². The van der Waals surface area contributed by atoms with E-state index >= 15 is 0 Å². The minimum absolute atomic E-state index is 0.0922. The van der Waals surface area contributed by atoms with Gasteiger partial charge in [0.25, 0.3) is 0 Å². The molecule has 1 unspecified atom stereocenters. The number of nitriles is 1. The molecule has 1 atom stereocenters. The van der Waals surface area contributed by atoms with Gasteiger partial charge in [-0.15, -0.1) is 0 Å². The molecule has 7 nitrogen and oxygen atoms in total. The molecule has 1 aromatic rings. The normalized spacial score (nSPS) is 19.5. The Morgan fingerprint density at radius 1 is 1.52 bits per heavy atom. The highest BCUT2D eigenvalue weighted by Crippen LogP contribution is 2.32. The zero-order valence-electron chi connectivity index (χ0n) is 12.4. The lowest BCUT2D eigenvalue weighted by Crippen LogP contribution is -2.35. The van der Waals surface area contributed by atoms with Crippen LogP contribution in [0.4, 0.5) is 11.6 Å². The van der Waals surface area contributed by atoms with Gasteiger partial charge in [-0.05, 0) is 18.8 Å². The molecule has 1 aromatic heterocycles. The number of anilines is 2. The molecular weight excluding hydrogens is 290 g/mol. The summed E-state index contributed by atoms with van der Waals surface area (Å²) in [6, 6.07) is 2.02. The molecule has 1 saturated heterocycles. The largest absolute Gasteiger partial charge is 0.383 e. The Hall–Kier alpha value is -1.75. The lowest BCUT2D eigenvalue weighted by molar-refractivity contribution is 0.441. The maximum Gasteiger partial charge on any atom is 0.182 e. The number of piperidine rings is 1. The lowest BCUT2D eigenvalue weighted by Gasteiger charge is -2.31. The Bertz CT molecular complexity index is 659. The SMILES string of the molecule is CC1CCCN(c2nn(CCC#N)c(N)c2S(C)(=O)=O)C1. The van der Waals surface area contributed by atoms with Crippen molar-refractivity contribution in [3.05, 3.63) is 0 Å². The predicted octanol–water partition coefficient (Wildman–Crippen LogP) is 1.02. The minimum Gasteiger partial charge on any atom is -0.383 e. The molecule has 8 heteroatoms. The maximum absolute atomic E-state index is 12.1. The Morgan fingerprint density at radius 3 is 2.81 bits per heavy atom. The summed E-state index contributed by atoms with van der Waals surface area (Å²) in [4.78, 5) is 2.08. The first-order chi connectivity index (χ1) is 9.84. The van der Waals surface area contributed by atoms with Crippen molar-refractivity contribution < 1.29 is 8.42 Å². The fourth-order valence-corrected chi connectivity index (χ4v) is 3.70. The van der Waals surface area contributed by atoms with Crippen LogP contribution < -0.4 is 10.6 Å². The zero-order valence-corrected chi connectivity index (χ0v) is 13.2. The molecule has 2 heterocycles. The molecule has 2 rings (SSSR count). The van der Waals surface area contributed by atoms with Crippen LogP contribution in [0, 0.1) is 17.2 Å². The van der Waals surface area contributed by atoms with Gasteiger partial charge in [0, 0.05) is 19.3 Å². The Kier molecular flexibility index (Phi) is 4.42. The van der Waals surface area contributed by atoms with Crippen molar-refractivity contribution in [1.29, 1.82) is 5.26 Å². The van der Waals surface area contributed by atoms with Gasteiger partial charge < -0.3 is 10.6 Å². The van der Waals surface area contributed by atoms with Crippen LogP contribution in [0.3, 0.4) is 0 Å². The summed E-state index contributed by atoms with van der Waals surface area (Å²) >= 11 is 0. The molecular formula is C13H21N5O2S. The summed E-state index contributed by atoms with van der Waals surface area (Å²) in [6.45, 7) is 4.00. The number of aromatic nitrogens is 2. The van der Waals surface area contributed by atoms with Crippen LogP contribution in [0.5, 0.6) is 0 Å². The molecule has 1 aliphatic heterocycles. The maximum atomic E-state index is 12.1. The van der Waals surface area contributed by atoms with Gasteiger partial charge in [0.1, 0.15) is 5.82 Å². The van der Waals surface area contributed by atoms with Crippen molar-refractivity contribution in [2.24, 2.45) is 5.92 Å². The average molecular weight is 311 g/mol. The third-order valence-corrected chi connectivity index (χ3v) is 4.83. The Morgan fingerprint density at radius 2 is 2.24 bits per heavy atom. The number of hydrogen-bond donors (Lipinski definition) is 1. The van der Waals surface area contributed by atoms with Crippen LogP contribution in [0.15, 0.2) is 4.90 Å². The standard InChI is InChI=1S/C13H21N5O2S/c1-10-5-3-7-17(9-10)13-11(21(2,19)20)12(15)18(16-13)8-4-6-14/h10H,3-5,7-9,15H2,1-2H3. The Balaban J connectivity index is 2.46. The highest BCUT2D eigenvalue weighted by molar-refractivity contribution is 7.91. The van der Waals surface area contributed by atoms with Crippen molar-refractivity contribution in [2.45, 2.75) is 37.6 Å². The van der Waals surface area contributed by atoms with Gasteiger partial charge in [0.05, 0.1) is 19.0 Å². The van der Waals surface area contributed by atoms with E-state index < -0.39 is 9.84 Å². The van der Waals surface area contributed by atoms with Gasteiger partial charge in [-0.3, -0.25) is 0 Å². The fraction of sp³-hybridized carbons (Fsp3) is 0.692. The summed E-state index contributed by atoms with van der Waals surface area (Å²) < 4.78 is 25.5. The number of aryl methyl sites for hydroxylation is 1. The van der Waals surface area contributed by atoms with Crippen LogP contribution in [0.2, 0.25) is 0 Å². The quantitative estimate of drug-likeness (QED) is 0.890. The third-order valence-electron chi connectivity index (χ3n) is 3.69. The second-order valence-electron chi connectivity index (χ2n) is 5.63. The van der Waals surface area contributed by atoms with E-state index in [2.05, 4.69) is 12.0 Å². The zero-order chi connectivity index (χ0) is 15.6. The number of hydrogen-bond acceptors (Lipinski definition) is 6. The van der Waals surface area contributed by atoms with Crippen molar-refractivity contribution in [3.8, 4) is 6.07 Å². The molecule has 0 saturated carbocycles. The minimum atomic E-state index is -3.47. The summed E-state index contributed by atoms with van der Waals surface area (Å²) in [5.41, 5.74) is 5.96. The molecule has 0 bridgehead atoms. The molecule has 1 fully saturated rings. The highest BCUT2D eigenvalue weighted by Gasteiger charge is 2.29. The molecule has 2 N–H and O–H groups in total. The summed E-state index contributed by atoms with van der Waals surface area (Å²) in [7, 11) is -3.47. The molecule has 21 heavy (non-hydrogen) atoms. The fourth-order valence-electron chi connectivity index (χ4n) is 2.72. The topological polar surface area (TPSA) is 105 Å². The van der Waals surface area contributed by atoms with Crippen LogP contribution >= 0.6 is 0 Å². The number of rotatable bonds is 4. The third kappa shape index (κ3) is 3.29. The van der Waals surface area contributed by atoms with E-state index in [4.69, 9.17) is 11.0 Å². The lowest BCUT2D eigenvalue weighted by atomic mass is 10.0. The van der Waals surface area contributed by atoms with Gasteiger partial charge >= 0.3 is 0 Å². The monoisotopic (exact) mass is 311 g/mol. The van der Waals surface area contributed by atoms with Gasteiger partial charge in [0.15, 0.2) is 20.6 Å². The first-order valence-electron chi connectivity index (χ1n) is 7.02. The molecule has 0 aromatic carbocycles. The van der Waals surface area contributed by atoms with E-state index in [-0.39, 0.29) is 17.1 Å². The first kappa shape index (κ1) is 15.6. The summed E-state index contributed by atoms with van der Waals surface area (Å²) in [6.07, 6.45) is 3.53. The number of sulfone groups is 1. The second-order valence-corrected chi connectivity index (χ2v) is 7.59. The predicted molar refractivity (Wildman–Crippen MR) is 80.6 cm³/mol. The van der Waals surface area contributed by atoms with Crippen LogP contribution in [-0.4, -0.2) is 37.5 Å². The van der Waals surface area contributed by atoms with Crippen molar-refractivity contribution in [1.82, 2.24) is 9.78 Å². The molecule has 1 aliphatic rings. The van der Waals surface area contributed by atoms with E-state index in [9.17, 15) is 8.42 Å². The van der Waals surface area contributed by atoms with E-state index in [1.165, 1.54) is 4.68 Å². The number of nitrogens with zero attached hydrogens (tertiary/aromatic N) is 4. The van der Waals surface area contributed by atoms with Gasteiger partial charge in [0.2, 0.25) is 0 Å². The van der Waals surface area contributed by atoms with E-state index in [0.29, 0.717) is 18.3 Å². The van der Waals surface area contributed by atoms with E-state index in [0.717, 1.165) is 32.2 Å². The average Bonchev–Trinajstić information content (AvgIpc) is 2.73. The molecule has 0 radical (unpaired) electrons. The summed E-state index contributed by atoms with van der Waals surface area (Å²) in [5, 5.41) is 13.0. The van der Waals surface area contributed by atoms with Crippen molar-refractivity contribution in [2.75, 3.05) is 30.0 Å². The van der Waals surface area contributed by atoms with Crippen LogP contribution in [-0.2, 0) is 16.4 Å². The number of nitrogens with two attached hydrogens (primary N) is 1. The van der Waals surface area contributed by atoms with E-state index in [1.54, 1.807) is 0 Å². The van der Waals surface area contributed by atoms with Crippen molar-refractivity contribution in [3.63, 3.8) is 0 Å². The smallest absolute Gasteiger partial charge is 0.182 e. The summed E-state index contributed by atoms with van der Waals surface area (Å²) in [5.74, 6) is 1.05. The molecule has 0 aliphatic carbocycles. The highest BCUT2D eigenvalue weighted by atomic mass is 32.2. The van der Waals surface area contributed by atoms with Crippen LogP contribution in [0.25, 0.3) is 0 Å². The number of nitrogen functional groups attached to an aromatic ring is 1. The van der Waals surface area contributed by atoms with Gasteiger partial charge in [-0.1, -0.05) is 6.92 Å². The first-order valence-corrected chi connectivity index (χ1v) is 8.92. The van der Waals surface area contributed by atoms with Crippen molar-refractivity contribution >= 4 is 21.5 Å². The Labute approximate surface area is 125 Å². The molecule has 0 amide bonds.